The van der Waals surface area contributed by atoms with Gasteiger partial charge < -0.3 is 15.4 Å². The number of hydrogen-bond acceptors (Lipinski definition) is 5. The first-order valence-corrected chi connectivity index (χ1v) is 10.3. The number of ether oxygens (including phenoxy) is 1. The van der Waals surface area contributed by atoms with Gasteiger partial charge in [0.05, 0.1) is 33.3 Å². The maximum absolute atomic E-state index is 12.3. The maximum Gasteiger partial charge on any atom is 0.325 e. The highest BCUT2D eigenvalue weighted by Gasteiger charge is 2.17. The molecule has 0 fully saturated rings. The van der Waals surface area contributed by atoms with Gasteiger partial charge in [0.1, 0.15) is 6.54 Å². The molecule has 2 N–H and O–H groups in total. The second-order valence-electron chi connectivity index (χ2n) is 6.81. The van der Waals surface area contributed by atoms with Gasteiger partial charge in [0.2, 0.25) is 0 Å². The van der Waals surface area contributed by atoms with Crippen LogP contribution in [0.15, 0.2) is 48.5 Å². The van der Waals surface area contributed by atoms with Gasteiger partial charge in [-0.15, -0.1) is 0 Å². The van der Waals surface area contributed by atoms with Crippen molar-refractivity contribution in [1.82, 2.24) is 15.1 Å². The van der Waals surface area contributed by atoms with Gasteiger partial charge in [0.25, 0.3) is 11.8 Å². The highest BCUT2D eigenvalue weighted by Crippen LogP contribution is 2.23. The molecule has 0 saturated carbocycles. The Labute approximate surface area is 194 Å². The van der Waals surface area contributed by atoms with E-state index in [0.29, 0.717) is 16.4 Å². The molecule has 0 unspecified atom stereocenters. The summed E-state index contributed by atoms with van der Waals surface area (Å²) in [4.78, 5) is 36.3. The van der Waals surface area contributed by atoms with Crippen LogP contribution in [0.4, 0.5) is 5.69 Å². The van der Waals surface area contributed by atoms with Crippen molar-refractivity contribution in [3.8, 4) is 5.69 Å². The third kappa shape index (κ3) is 5.66. The topological polar surface area (TPSA) is 102 Å². The molecule has 0 saturated heterocycles. The van der Waals surface area contributed by atoms with Gasteiger partial charge in [-0.2, -0.15) is 5.10 Å². The standard InChI is InChI=1S/C22H20Cl2N4O4/c1-13-21(14(2)28(27-13)16-6-4-3-5-7-16)26-19(29)12-32-20(30)11-25-22(31)17-9-8-15(23)10-18(17)24/h3-10H,11-12H2,1-2H3,(H,25,31)(H,26,29). The lowest BCUT2D eigenvalue weighted by molar-refractivity contribution is -0.146. The molecule has 32 heavy (non-hydrogen) atoms. The zero-order valence-electron chi connectivity index (χ0n) is 17.3. The number of hydrogen-bond donors (Lipinski definition) is 2. The third-order valence-electron chi connectivity index (χ3n) is 4.49. The molecule has 3 rings (SSSR count). The average molecular weight is 475 g/mol. The quantitative estimate of drug-likeness (QED) is 0.508. The minimum Gasteiger partial charge on any atom is -0.454 e. The lowest BCUT2D eigenvalue weighted by Gasteiger charge is -2.09. The molecule has 2 amide bonds. The van der Waals surface area contributed by atoms with E-state index >= 15 is 0 Å². The summed E-state index contributed by atoms with van der Waals surface area (Å²) in [6, 6.07) is 13.9. The van der Waals surface area contributed by atoms with Gasteiger partial charge in [-0.05, 0) is 44.2 Å². The van der Waals surface area contributed by atoms with Crippen LogP contribution in [0.5, 0.6) is 0 Å². The molecule has 10 heteroatoms. The summed E-state index contributed by atoms with van der Waals surface area (Å²) >= 11 is 11.8. The van der Waals surface area contributed by atoms with E-state index in [0.717, 1.165) is 11.4 Å². The van der Waals surface area contributed by atoms with Gasteiger partial charge in [-0.25, -0.2) is 4.68 Å². The lowest BCUT2D eigenvalue weighted by Crippen LogP contribution is -2.32. The number of benzene rings is 2. The van der Waals surface area contributed by atoms with E-state index in [4.69, 9.17) is 27.9 Å². The lowest BCUT2D eigenvalue weighted by atomic mass is 10.2. The number of rotatable bonds is 7. The number of carbonyl (C=O) groups excluding carboxylic acids is 3. The fraction of sp³-hybridized carbons (Fsp3) is 0.182. The van der Waals surface area contributed by atoms with Gasteiger partial charge in [-0.1, -0.05) is 41.4 Å². The largest absolute Gasteiger partial charge is 0.454 e. The van der Waals surface area contributed by atoms with Crippen molar-refractivity contribution in [2.75, 3.05) is 18.5 Å². The van der Waals surface area contributed by atoms with Crippen molar-refractivity contribution in [2.45, 2.75) is 13.8 Å². The van der Waals surface area contributed by atoms with E-state index in [9.17, 15) is 14.4 Å². The zero-order chi connectivity index (χ0) is 23.3. The van der Waals surface area contributed by atoms with E-state index in [2.05, 4.69) is 15.7 Å². The Balaban J connectivity index is 1.51. The molecule has 0 aliphatic carbocycles. The number of para-hydroxylation sites is 1. The van der Waals surface area contributed by atoms with Crippen LogP contribution >= 0.6 is 23.2 Å². The van der Waals surface area contributed by atoms with E-state index < -0.39 is 30.9 Å². The summed E-state index contributed by atoms with van der Waals surface area (Å²) in [6.45, 7) is 2.67. The summed E-state index contributed by atoms with van der Waals surface area (Å²) in [6.07, 6.45) is 0. The summed E-state index contributed by atoms with van der Waals surface area (Å²) in [7, 11) is 0. The van der Waals surface area contributed by atoms with E-state index in [-0.39, 0.29) is 10.6 Å². The van der Waals surface area contributed by atoms with Crippen LogP contribution in [-0.4, -0.2) is 40.7 Å². The van der Waals surface area contributed by atoms with Gasteiger partial charge in [0.15, 0.2) is 6.61 Å². The molecule has 0 bridgehead atoms. The van der Waals surface area contributed by atoms with Crippen LogP contribution in [0.25, 0.3) is 5.69 Å². The predicted octanol–water partition coefficient (Wildman–Crippen LogP) is 3.71. The molecule has 0 radical (unpaired) electrons. The molecular formula is C22H20Cl2N4O4. The molecule has 166 valence electrons. The first-order chi connectivity index (χ1) is 15.3. The Morgan fingerprint density at radius 2 is 1.78 bits per heavy atom. The van der Waals surface area contributed by atoms with Gasteiger partial charge in [-0.3, -0.25) is 14.4 Å². The molecule has 0 atom stereocenters. The molecular weight excluding hydrogens is 455 g/mol. The summed E-state index contributed by atoms with van der Waals surface area (Å²) in [5.74, 6) is -1.86. The Morgan fingerprint density at radius 3 is 2.47 bits per heavy atom. The molecule has 0 aliphatic heterocycles. The highest BCUT2D eigenvalue weighted by atomic mass is 35.5. The number of amides is 2. The Hall–Kier alpha value is -3.36. The summed E-state index contributed by atoms with van der Waals surface area (Å²) < 4.78 is 6.65. The molecule has 8 nitrogen and oxygen atoms in total. The van der Waals surface area contributed by atoms with E-state index in [1.165, 1.54) is 18.2 Å². The second-order valence-corrected chi connectivity index (χ2v) is 7.65. The number of carbonyl (C=O) groups is 3. The normalized spacial score (nSPS) is 10.5. The fourth-order valence-corrected chi connectivity index (χ4v) is 3.43. The number of aromatic nitrogens is 2. The molecule has 0 aliphatic rings. The smallest absolute Gasteiger partial charge is 0.325 e. The summed E-state index contributed by atoms with van der Waals surface area (Å²) in [5, 5.41) is 10.1. The van der Waals surface area contributed by atoms with Crippen LogP contribution in [0.1, 0.15) is 21.7 Å². The number of anilines is 1. The zero-order valence-corrected chi connectivity index (χ0v) is 18.8. The van der Waals surface area contributed by atoms with Crippen LogP contribution < -0.4 is 10.6 Å². The number of nitrogens with one attached hydrogen (secondary N) is 2. The van der Waals surface area contributed by atoms with E-state index in [1.807, 2.05) is 37.3 Å². The van der Waals surface area contributed by atoms with Crippen LogP contribution in [-0.2, 0) is 14.3 Å². The highest BCUT2D eigenvalue weighted by molar-refractivity contribution is 6.36. The minimum absolute atomic E-state index is 0.157. The van der Waals surface area contributed by atoms with Crippen LogP contribution in [0, 0.1) is 13.8 Å². The Bertz CT molecular complexity index is 1160. The first-order valence-electron chi connectivity index (χ1n) is 9.56. The van der Waals surface area contributed by atoms with Gasteiger partial charge in [0, 0.05) is 5.02 Å². The van der Waals surface area contributed by atoms with Crippen molar-refractivity contribution < 1.29 is 19.1 Å². The Morgan fingerprint density at radius 1 is 1.06 bits per heavy atom. The minimum atomic E-state index is -0.771. The number of halogens is 2. The van der Waals surface area contributed by atoms with Gasteiger partial charge >= 0.3 is 5.97 Å². The first kappa shape index (κ1) is 23.3. The number of aryl methyl sites for hydroxylation is 1. The van der Waals surface area contributed by atoms with Crippen molar-refractivity contribution in [1.29, 1.82) is 0 Å². The average Bonchev–Trinajstić information content (AvgIpc) is 3.05. The second kappa shape index (κ2) is 10.3. The summed E-state index contributed by atoms with van der Waals surface area (Å²) in [5.41, 5.74) is 2.93. The monoisotopic (exact) mass is 474 g/mol. The van der Waals surface area contributed by atoms with E-state index in [1.54, 1.807) is 11.6 Å². The number of nitrogens with zero attached hydrogens (tertiary/aromatic N) is 2. The molecule has 2 aromatic carbocycles. The number of esters is 1. The third-order valence-corrected chi connectivity index (χ3v) is 5.04. The fourth-order valence-electron chi connectivity index (χ4n) is 2.94. The van der Waals surface area contributed by atoms with Crippen molar-refractivity contribution in [3.05, 3.63) is 75.5 Å². The molecule has 0 spiro atoms. The molecule has 1 heterocycles. The Kier molecular flexibility index (Phi) is 7.50. The molecule has 3 aromatic rings. The van der Waals surface area contributed by atoms with Crippen molar-refractivity contribution in [2.24, 2.45) is 0 Å². The van der Waals surface area contributed by atoms with Crippen molar-refractivity contribution in [3.63, 3.8) is 0 Å². The van der Waals surface area contributed by atoms with Crippen LogP contribution in [0.2, 0.25) is 10.0 Å². The van der Waals surface area contributed by atoms with Crippen molar-refractivity contribution >= 4 is 46.7 Å². The SMILES string of the molecule is Cc1nn(-c2ccccc2)c(C)c1NC(=O)COC(=O)CNC(=O)c1ccc(Cl)cc1Cl. The van der Waals surface area contributed by atoms with Crippen LogP contribution in [0.3, 0.4) is 0 Å². The molecule has 1 aromatic heterocycles. The predicted molar refractivity (Wildman–Crippen MR) is 121 cm³/mol. The maximum atomic E-state index is 12.3.